The summed E-state index contributed by atoms with van der Waals surface area (Å²) in [5, 5.41) is 9.04. The van der Waals surface area contributed by atoms with Crippen molar-refractivity contribution >= 4 is 18.2 Å². The fourth-order valence-corrected chi connectivity index (χ4v) is 2.41. The van der Waals surface area contributed by atoms with Crippen LogP contribution in [0.1, 0.15) is 25.7 Å². The van der Waals surface area contributed by atoms with Gasteiger partial charge in [0, 0.05) is 18.0 Å². The Bertz CT molecular complexity index is 530. The van der Waals surface area contributed by atoms with Gasteiger partial charge in [0.05, 0.1) is 12.5 Å². The molecule has 126 valence electrons. The normalized spacial score (nSPS) is 24.9. The van der Waals surface area contributed by atoms with Crippen molar-refractivity contribution in [3.05, 3.63) is 24.0 Å². The lowest BCUT2D eigenvalue weighted by molar-refractivity contribution is -0.151. The molecule has 0 radical (unpaired) electrons. The van der Waals surface area contributed by atoms with E-state index in [0.717, 1.165) is 0 Å². The van der Waals surface area contributed by atoms with E-state index in [1.807, 2.05) is 12.3 Å². The number of carbonyl (C=O) groups excluding carboxylic acids is 3. The van der Waals surface area contributed by atoms with Crippen molar-refractivity contribution in [3.8, 4) is 0 Å². The molecule has 2 aliphatic rings. The molecule has 0 aromatic rings. The van der Waals surface area contributed by atoms with Crippen molar-refractivity contribution in [2.75, 3.05) is 6.61 Å². The van der Waals surface area contributed by atoms with Crippen LogP contribution in [-0.2, 0) is 23.9 Å². The van der Waals surface area contributed by atoms with Gasteiger partial charge in [-0.3, -0.25) is 9.59 Å². The van der Waals surface area contributed by atoms with E-state index in [-0.39, 0.29) is 31.6 Å². The summed E-state index contributed by atoms with van der Waals surface area (Å²) in [4.78, 5) is 34.7. The number of aliphatic hydroxyl groups is 1. The SMILES string of the molecule is NC(=O)C1=CN(C2CCC(COC(=O)CC(O)C=O)O2)C=CC1. The van der Waals surface area contributed by atoms with Crippen LogP contribution in [0.2, 0.25) is 0 Å². The maximum atomic E-state index is 11.4. The molecule has 8 heteroatoms. The van der Waals surface area contributed by atoms with Gasteiger partial charge in [-0.1, -0.05) is 6.08 Å². The lowest BCUT2D eigenvalue weighted by atomic mass is 10.1. The summed E-state index contributed by atoms with van der Waals surface area (Å²) in [6, 6.07) is 0. The van der Waals surface area contributed by atoms with Crippen molar-refractivity contribution in [3.63, 3.8) is 0 Å². The number of nitrogens with zero attached hydrogens (tertiary/aromatic N) is 1. The topological polar surface area (TPSA) is 119 Å². The zero-order valence-corrected chi connectivity index (χ0v) is 12.6. The highest BCUT2D eigenvalue weighted by Crippen LogP contribution is 2.26. The van der Waals surface area contributed by atoms with Gasteiger partial charge in [0.15, 0.2) is 0 Å². The average Bonchev–Trinajstić information content (AvgIpc) is 3.02. The minimum atomic E-state index is -1.34. The third-order valence-corrected chi connectivity index (χ3v) is 3.62. The summed E-state index contributed by atoms with van der Waals surface area (Å²) in [5.41, 5.74) is 5.78. The number of rotatable bonds is 7. The smallest absolute Gasteiger partial charge is 0.308 e. The summed E-state index contributed by atoms with van der Waals surface area (Å²) in [5.74, 6) is -1.11. The molecule has 23 heavy (non-hydrogen) atoms. The van der Waals surface area contributed by atoms with E-state index >= 15 is 0 Å². The summed E-state index contributed by atoms with van der Waals surface area (Å²) in [7, 11) is 0. The Morgan fingerprint density at radius 3 is 3.00 bits per heavy atom. The Labute approximate surface area is 133 Å². The second-order valence-corrected chi connectivity index (χ2v) is 5.44. The highest BCUT2D eigenvalue weighted by Gasteiger charge is 2.30. The first-order valence-corrected chi connectivity index (χ1v) is 7.38. The van der Waals surface area contributed by atoms with E-state index in [0.29, 0.717) is 24.8 Å². The number of aldehydes is 1. The lowest BCUT2D eigenvalue weighted by Gasteiger charge is -2.27. The van der Waals surface area contributed by atoms with E-state index in [2.05, 4.69) is 0 Å². The van der Waals surface area contributed by atoms with Crippen molar-refractivity contribution in [2.45, 2.75) is 44.1 Å². The van der Waals surface area contributed by atoms with Crippen LogP contribution < -0.4 is 5.73 Å². The van der Waals surface area contributed by atoms with E-state index in [1.54, 1.807) is 11.1 Å². The molecule has 3 unspecified atom stereocenters. The number of hydrogen-bond acceptors (Lipinski definition) is 7. The van der Waals surface area contributed by atoms with Crippen LogP contribution in [0.3, 0.4) is 0 Å². The van der Waals surface area contributed by atoms with Gasteiger partial charge in [0.25, 0.3) is 0 Å². The molecule has 2 aliphatic heterocycles. The number of nitrogens with two attached hydrogens (primary N) is 1. The standard InChI is InChI=1S/C15H20N2O6/c16-15(21)10-2-1-5-17(7-10)13-4-3-12(23-13)9-22-14(20)6-11(19)8-18/h1,5,7-8,11-13,19H,2-4,6,9H2,(H2,16,21). The van der Waals surface area contributed by atoms with Gasteiger partial charge < -0.3 is 30.0 Å². The van der Waals surface area contributed by atoms with Crippen LogP contribution >= 0.6 is 0 Å². The predicted molar refractivity (Wildman–Crippen MR) is 78.4 cm³/mol. The van der Waals surface area contributed by atoms with Crippen LogP contribution in [0.5, 0.6) is 0 Å². The average molecular weight is 324 g/mol. The summed E-state index contributed by atoms with van der Waals surface area (Å²) >= 11 is 0. The second kappa shape index (κ2) is 7.89. The first-order valence-electron chi connectivity index (χ1n) is 7.38. The second-order valence-electron chi connectivity index (χ2n) is 5.44. The number of ether oxygens (including phenoxy) is 2. The lowest BCUT2D eigenvalue weighted by Crippen LogP contribution is -2.31. The first-order chi connectivity index (χ1) is 11.0. The summed E-state index contributed by atoms with van der Waals surface area (Å²) < 4.78 is 10.8. The zero-order chi connectivity index (χ0) is 16.8. The van der Waals surface area contributed by atoms with Gasteiger partial charge in [-0.25, -0.2) is 0 Å². The molecule has 1 amide bonds. The van der Waals surface area contributed by atoms with Gasteiger partial charge in [0.1, 0.15) is 25.2 Å². The number of esters is 1. The minimum Gasteiger partial charge on any atom is -0.463 e. The molecule has 1 saturated heterocycles. The first kappa shape index (κ1) is 17.2. The van der Waals surface area contributed by atoms with E-state index in [1.165, 1.54) is 0 Å². The number of aliphatic hydroxyl groups excluding tert-OH is 1. The van der Waals surface area contributed by atoms with Crippen LogP contribution in [0.15, 0.2) is 24.0 Å². The molecule has 0 aromatic heterocycles. The van der Waals surface area contributed by atoms with Crippen LogP contribution in [-0.4, -0.2) is 53.2 Å². The molecule has 0 aliphatic carbocycles. The number of primary amides is 1. The van der Waals surface area contributed by atoms with Gasteiger partial charge in [0.2, 0.25) is 5.91 Å². The number of allylic oxidation sites excluding steroid dienone is 1. The Hall–Kier alpha value is -2.19. The molecule has 3 N–H and O–H groups in total. The van der Waals surface area contributed by atoms with Crippen molar-refractivity contribution < 1.29 is 29.0 Å². The molecule has 0 aromatic carbocycles. The Kier molecular flexibility index (Phi) is 5.89. The summed E-state index contributed by atoms with van der Waals surface area (Å²) in [6.45, 7) is 0.0604. The molecular formula is C15H20N2O6. The highest BCUT2D eigenvalue weighted by molar-refractivity contribution is 5.92. The number of hydrogen-bond donors (Lipinski definition) is 2. The van der Waals surface area contributed by atoms with E-state index in [9.17, 15) is 14.4 Å². The number of carbonyl (C=O) groups is 3. The van der Waals surface area contributed by atoms with E-state index < -0.39 is 18.0 Å². The van der Waals surface area contributed by atoms with Gasteiger partial charge in [-0.2, -0.15) is 0 Å². The molecule has 0 saturated carbocycles. The van der Waals surface area contributed by atoms with Crippen LogP contribution in [0, 0.1) is 0 Å². The maximum Gasteiger partial charge on any atom is 0.308 e. The van der Waals surface area contributed by atoms with Crippen molar-refractivity contribution in [2.24, 2.45) is 5.73 Å². The quantitative estimate of drug-likeness (QED) is 0.482. The van der Waals surface area contributed by atoms with Crippen molar-refractivity contribution in [1.29, 1.82) is 0 Å². The van der Waals surface area contributed by atoms with Gasteiger partial charge in [-0.05, 0) is 19.3 Å². The van der Waals surface area contributed by atoms with E-state index in [4.69, 9.17) is 20.3 Å². The Morgan fingerprint density at radius 2 is 2.30 bits per heavy atom. The van der Waals surface area contributed by atoms with Gasteiger partial charge in [-0.15, -0.1) is 0 Å². The molecular weight excluding hydrogens is 304 g/mol. The molecule has 1 fully saturated rings. The van der Waals surface area contributed by atoms with Crippen LogP contribution in [0.25, 0.3) is 0 Å². The Morgan fingerprint density at radius 1 is 1.52 bits per heavy atom. The summed E-state index contributed by atoms with van der Waals surface area (Å²) in [6.07, 6.45) is 5.31. The fraction of sp³-hybridized carbons (Fsp3) is 0.533. The largest absolute Gasteiger partial charge is 0.463 e. The monoisotopic (exact) mass is 324 g/mol. The molecule has 3 atom stereocenters. The molecule has 2 rings (SSSR count). The Balaban J connectivity index is 1.79. The number of amides is 1. The predicted octanol–water partition coefficient (Wildman–Crippen LogP) is -0.427. The van der Waals surface area contributed by atoms with Crippen LogP contribution in [0.4, 0.5) is 0 Å². The fourth-order valence-electron chi connectivity index (χ4n) is 2.41. The third kappa shape index (κ3) is 4.90. The third-order valence-electron chi connectivity index (χ3n) is 3.62. The minimum absolute atomic E-state index is 0.0604. The maximum absolute atomic E-state index is 11.4. The van der Waals surface area contributed by atoms with Crippen molar-refractivity contribution in [1.82, 2.24) is 4.90 Å². The molecule has 8 nitrogen and oxygen atoms in total. The van der Waals surface area contributed by atoms with Gasteiger partial charge >= 0.3 is 5.97 Å². The molecule has 0 bridgehead atoms. The molecule has 0 spiro atoms. The zero-order valence-electron chi connectivity index (χ0n) is 12.6. The highest BCUT2D eigenvalue weighted by atomic mass is 16.6. The molecule has 2 heterocycles.